The van der Waals surface area contributed by atoms with Crippen LogP contribution in [0, 0.1) is 129 Å². The third kappa shape index (κ3) is 12.6. The molecule has 492 valence electrons. The molecule has 3 saturated heterocycles. The van der Waals surface area contributed by atoms with Crippen LogP contribution in [0.1, 0.15) is 241 Å². The van der Waals surface area contributed by atoms with Gasteiger partial charge in [0.1, 0.15) is 17.3 Å². The van der Waals surface area contributed by atoms with Crippen molar-refractivity contribution in [1.29, 1.82) is 0 Å². The summed E-state index contributed by atoms with van der Waals surface area (Å²) in [4.78, 5) is 46.7. The summed E-state index contributed by atoms with van der Waals surface area (Å²) in [5.74, 6) is 14.9. The SMILES string of the molecule is C[C@@H]1CCN(CC(=O)[C@H]2CC[C@H]3[C@@H]4CC[C@@H]5C[C@](C)(O)CC[C@@H]5[C@H]4CC[C@]23C)C1.C[C@@]1(O)CC[C@H]2[C@@H](CC[C@@H]3[C@@H]2CC[C@]2(C)[C@@H](C(=O)CN4CCC(O)C4)CC[C@@H]32)C1.C[C@@]1(O)CC[C@H]2[C@H](CC[C@@H]3[C@@H]2CC[C@]2(C)[C@@H](C(=O)CN4CCC(O)C4)CC[C@@H]32)C1. The van der Waals surface area contributed by atoms with Gasteiger partial charge in [0.15, 0.2) is 0 Å². The second kappa shape index (κ2) is 24.8. The van der Waals surface area contributed by atoms with Crippen molar-refractivity contribution in [3.63, 3.8) is 0 Å². The van der Waals surface area contributed by atoms with Crippen molar-refractivity contribution in [3.8, 4) is 0 Å². The van der Waals surface area contributed by atoms with Gasteiger partial charge in [0.2, 0.25) is 0 Å². The minimum absolute atomic E-state index is 0.198. The van der Waals surface area contributed by atoms with Gasteiger partial charge in [-0.1, -0.05) is 27.7 Å². The third-order valence-corrected chi connectivity index (χ3v) is 31.0. The van der Waals surface area contributed by atoms with Gasteiger partial charge in [0, 0.05) is 50.5 Å². The second-order valence-corrected chi connectivity index (χ2v) is 36.4. The molecule has 27 atom stereocenters. The van der Waals surface area contributed by atoms with Crippen LogP contribution in [0.4, 0.5) is 0 Å². The van der Waals surface area contributed by atoms with Gasteiger partial charge >= 0.3 is 0 Å². The van der Waals surface area contributed by atoms with Crippen LogP contribution in [0.5, 0.6) is 0 Å². The van der Waals surface area contributed by atoms with Crippen LogP contribution in [-0.4, -0.2) is 145 Å². The number of aliphatic hydroxyl groups excluding tert-OH is 2. The van der Waals surface area contributed by atoms with E-state index in [1.807, 2.05) is 13.8 Å². The number of hydrogen-bond donors (Lipinski definition) is 5. The Balaban J connectivity index is 0.000000121. The van der Waals surface area contributed by atoms with Crippen LogP contribution >= 0.6 is 0 Å². The number of carbonyl (C=O) groups is 3. The zero-order valence-corrected chi connectivity index (χ0v) is 56.0. The highest BCUT2D eigenvalue weighted by atomic mass is 16.3. The molecule has 87 heavy (non-hydrogen) atoms. The second-order valence-electron chi connectivity index (χ2n) is 36.4. The number of Topliss-reactive ketones (excluding diaryl/α,β-unsaturated/α-hetero) is 3. The zero-order valence-electron chi connectivity index (χ0n) is 56.0. The first-order valence-electron chi connectivity index (χ1n) is 37.6. The maximum absolute atomic E-state index is 13.4. The minimum Gasteiger partial charge on any atom is -0.392 e. The molecule has 15 fully saturated rings. The van der Waals surface area contributed by atoms with Crippen LogP contribution < -0.4 is 0 Å². The van der Waals surface area contributed by atoms with Crippen molar-refractivity contribution in [2.75, 3.05) is 58.9 Å². The van der Waals surface area contributed by atoms with Crippen LogP contribution in [-0.2, 0) is 14.4 Å². The number of aliphatic hydroxyl groups is 5. The average molecular weight is 1210 g/mol. The topological polar surface area (TPSA) is 162 Å². The van der Waals surface area contributed by atoms with Crippen molar-refractivity contribution < 1.29 is 39.9 Å². The van der Waals surface area contributed by atoms with E-state index < -0.39 is 16.8 Å². The summed E-state index contributed by atoms with van der Waals surface area (Å²) in [6, 6.07) is 0. The molecule has 0 aromatic carbocycles. The average Bonchev–Trinajstić information content (AvgIpc) is 1.75. The lowest BCUT2D eigenvalue weighted by Crippen LogP contribution is -2.51. The molecule has 3 aliphatic heterocycles. The number of likely N-dealkylation sites (tertiary alicyclic amines) is 3. The van der Waals surface area contributed by atoms with Crippen molar-refractivity contribution in [2.24, 2.45) is 129 Å². The summed E-state index contributed by atoms with van der Waals surface area (Å²) in [6.45, 7) is 23.0. The van der Waals surface area contributed by atoms with Crippen LogP contribution in [0.25, 0.3) is 0 Å². The first kappa shape index (κ1) is 64.4. The van der Waals surface area contributed by atoms with E-state index in [-0.39, 0.29) is 40.3 Å². The smallest absolute Gasteiger partial charge is 0.150 e. The largest absolute Gasteiger partial charge is 0.392 e. The Hall–Kier alpha value is -1.31. The molecule has 5 N–H and O–H groups in total. The summed E-state index contributed by atoms with van der Waals surface area (Å²) in [5, 5.41) is 51.3. The van der Waals surface area contributed by atoms with Crippen molar-refractivity contribution >= 4 is 17.3 Å². The van der Waals surface area contributed by atoms with E-state index in [0.29, 0.717) is 56.0 Å². The van der Waals surface area contributed by atoms with E-state index in [9.17, 15) is 39.9 Å². The Bertz CT molecular complexity index is 2200. The quantitative estimate of drug-likeness (QED) is 0.149. The van der Waals surface area contributed by atoms with E-state index in [1.54, 1.807) is 0 Å². The van der Waals surface area contributed by atoms with Gasteiger partial charge in [-0.15, -0.1) is 0 Å². The molecule has 15 aliphatic rings. The number of ketones is 3. The van der Waals surface area contributed by atoms with Crippen molar-refractivity contribution in [3.05, 3.63) is 0 Å². The van der Waals surface area contributed by atoms with Gasteiger partial charge in [-0.25, -0.2) is 0 Å². The molecular weight excluding hydrogens is 1080 g/mol. The lowest BCUT2D eigenvalue weighted by atomic mass is 9.49. The van der Waals surface area contributed by atoms with Crippen molar-refractivity contribution in [2.45, 2.75) is 270 Å². The fourth-order valence-electron chi connectivity index (χ4n) is 26.9. The Morgan fingerprint density at radius 3 is 0.931 bits per heavy atom. The van der Waals surface area contributed by atoms with Gasteiger partial charge in [-0.2, -0.15) is 0 Å². The van der Waals surface area contributed by atoms with Crippen LogP contribution in [0.15, 0.2) is 0 Å². The molecule has 12 aliphatic carbocycles. The molecule has 2 unspecified atom stereocenters. The molecule has 15 rings (SSSR count). The standard InChI is InChI=1S/C26H43NO2.2C25H41NO3/c1-17-10-13-27(15-17)16-24(28)23-7-6-22-21-5-4-18-14-25(2,29)11-8-19(18)20(21)9-12-26(22,23)3;2*1-24(29)10-7-18-16(13-24)3-4-20-19(18)8-11-25(2)21(20)5-6-22(25)23(28)15-26-12-9-17(27)14-26/h17-23,29H,4-16H2,1-3H3;2*16-22,27,29H,3-15H2,1-2H3/t17-,18-,19+,20-,21-,22+,23-,25-,26+;16-,17?,18+,19-,20-,21+,22-,24-,25+;16-,17?,18-,19+,20+,21-,22+,24+,25-/m110/s1. The van der Waals surface area contributed by atoms with E-state index in [1.165, 1.54) is 122 Å². The summed E-state index contributed by atoms with van der Waals surface area (Å²) in [7, 11) is 0. The Labute approximate surface area is 527 Å². The molecule has 0 aromatic heterocycles. The lowest BCUT2D eigenvalue weighted by molar-refractivity contribution is -0.133. The third-order valence-electron chi connectivity index (χ3n) is 31.0. The first-order valence-corrected chi connectivity index (χ1v) is 37.6. The fourth-order valence-corrected chi connectivity index (χ4v) is 26.9. The highest BCUT2D eigenvalue weighted by molar-refractivity contribution is 5.85. The van der Waals surface area contributed by atoms with Gasteiger partial charge in [-0.05, 0) is 331 Å². The molecule has 0 amide bonds. The summed E-state index contributed by atoms with van der Waals surface area (Å²) in [5.41, 5.74) is -0.644. The summed E-state index contributed by atoms with van der Waals surface area (Å²) in [6.07, 6.45) is 34.7. The molecule has 0 spiro atoms. The first-order chi connectivity index (χ1) is 41.3. The number of fused-ring (bicyclic) bond motifs is 15. The van der Waals surface area contributed by atoms with Crippen LogP contribution in [0.2, 0.25) is 0 Å². The highest BCUT2D eigenvalue weighted by Crippen LogP contribution is 2.68. The predicted molar refractivity (Wildman–Crippen MR) is 343 cm³/mol. The fraction of sp³-hybridized carbons (Fsp3) is 0.961. The number of β-amino-alcohol motifs (C(OH)–C–C–N with tert-alkyl or cyclic N) is 2. The van der Waals surface area contributed by atoms with Gasteiger partial charge in [0.25, 0.3) is 0 Å². The summed E-state index contributed by atoms with van der Waals surface area (Å²) < 4.78 is 0. The number of hydrogen-bond acceptors (Lipinski definition) is 11. The van der Waals surface area contributed by atoms with Gasteiger partial charge in [-0.3, -0.25) is 29.1 Å². The Morgan fingerprint density at radius 2 is 0.644 bits per heavy atom. The molecule has 12 saturated carbocycles. The molecular formula is C76H125N3O8. The van der Waals surface area contributed by atoms with E-state index >= 15 is 0 Å². The normalized spacial score (nSPS) is 52.6. The monoisotopic (exact) mass is 1210 g/mol. The van der Waals surface area contributed by atoms with E-state index in [4.69, 9.17) is 0 Å². The summed E-state index contributed by atoms with van der Waals surface area (Å²) >= 11 is 0. The number of carbonyl (C=O) groups excluding carboxylic acids is 3. The Morgan fingerprint density at radius 1 is 0.345 bits per heavy atom. The molecule has 11 nitrogen and oxygen atoms in total. The number of rotatable bonds is 9. The number of nitrogens with zero attached hydrogens (tertiary/aromatic N) is 3. The molecule has 3 heterocycles. The van der Waals surface area contributed by atoms with Crippen LogP contribution in [0.3, 0.4) is 0 Å². The highest BCUT2D eigenvalue weighted by Gasteiger charge is 2.62. The maximum Gasteiger partial charge on any atom is 0.150 e. The minimum atomic E-state index is -0.439. The molecule has 11 heteroatoms. The lowest BCUT2D eigenvalue weighted by Gasteiger charge is -2.56. The molecule has 0 radical (unpaired) electrons. The molecule has 0 aromatic rings. The Kier molecular flexibility index (Phi) is 18.3. The van der Waals surface area contributed by atoms with E-state index in [2.05, 4.69) is 49.3 Å². The van der Waals surface area contributed by atoms with Gasteiger partial charge in [0.05, 0.1) is 48.6 Å². The van der Waals surface area contributed by atoms with Gasteiger partial charge < -0.3 is 25.5 Å². The van der Waals surface area contributed by atoms with E-state index in [0.717, 1.165) is 191 Å². The van der Waals surface area contributed by atoms with Crippen molar-refractivity contribution in [1.82, 2.24) is 14.7 Å². The molecule has 0 bridgehead atoms. The predicted octanol–water partition coefficient (Wildman–Crippen LogP) is 12.2. The zero-order chi connectivity index (χ0) is 61.2. The maximum atomic E-state index is 13.4.